The smallest absolute Gasteiger partial charge is 0.129 e. The van der Waals surface area contributed by atoms with Gasteiger partial charge in [0.2, 0.25) is 0 Å². The summed E-state index contributed by atoms with van der Waals surface area (Å²) in [5.74, 6) is 0. The molecule has 1 aliphatic heterocycles. The molecule has 1 atom stereocenters. The van der Waals surface area contributed by atoms with Gasteiger partial charge in [0.1, 0.15) is 5.15 Å². The average molecular weight is 254 g/mol. The second-order valence-electron chi connectivity index (χ2n) is 4.55. The minimum Gasteiger partial charge on any atom is -0.315 e. The number of hydrogen-bond acceptors (Lipinski definition) is 3. The van der Waals surface area contributed by atoms with Crippen LogP contribution in [0.5, 0.6) is 0 Å². The van der Waals surface area contributed by atoms with Gasteiger partial charge in [0, 0.05) is 25.3 Å². The molecule has 17 heavy (non-hydrogen) atoms. The van der Waals surface area contributed by atoms with E-state index in [0.29, 0.717) is 11.2 Å². The molecule has 1 saturated heterocycles. The lowest BCUT2D eigenvalue weighted by molar-refractivity contribution is 0.166. The summed E-state index contributed by atoms with van der Waals surface area (Å²) in [6.07, 6.45) is 4.45. The molecule has 1 aliphatic rings. The largest absolute Gasteiger partial charge is 0.315 e. The second-order valence-corrected chi connectivity index (χ2v) is 4.94. The quantitative estimate of drug-likeness (QED) is 0.835. The number of halogens is 1. The van der Waals surface area contributed by atoms with E-state index in [0.717, 1.165) is 26.2 Å². The maximum atomic E-state index is 5.80. The Bertz CT molecular complexity index is 333. The first-order valence-corrected chi connectivity index (χ1v) is 6.72. The highest BCUT2D eigenvalue weighted by Gasteiger charge is 2.19. The van der Waals surface area contributed by atoms with E-state index in [1.807, 2.05) is 12.3 Å². The lowest BCUT2D eigenvalue weighted by Gasteiger charge is -2.33. The first-order chi connectivity index (χ1) is 8.29. The summed E-state index contributed by atoms with van der Waals surface area (Å²) in [6, 6.07) is 4.59. The SMILES string of the molecule is CCN(Cc1ccc(Cl)nc1)C1CCCNC1. The van der Waals surface area contributed by atoms with E-state index in [1.54, 1.807) is 0 Å². The van der Waals surface area contributed by atoms with Crippen molar-refractivity contribution in [2.24, 2.45) is 0 Å². The molecule has 0 amide bonds. The number of nitrogens with zero attached hydrogens (tertiary/aromatic N) is 2. The molecule has 1 aromatic heterocycles. The number of aromatic nitrogens is 1. The highest BCUT2D eigenvalue weighted by Crippen LogP contribution is 2.14. The predicted octanol–water partition coefficient (Wildman–Crippen LogP) is 2.31. The number of likely N-dealkylation sites (N-methyl/N-ethyl adjacent to an activating group) is 1. The van der Waals surface area contributed by atoms with Crippen molar-refractivity contribution < 1.29 is 0 Å². The van der Waals surface area contributed by atoms with E-state index in [4.69, 9.17) is 11.6 Å². The van der Waals surface area contributed by atoms with Gasteiger partial charge in [-0.15, -0.1) is 0 Å². The Morgan fingerprint density at radius 1 is 1.53 bits per heavy atom. The van der Waals surface area contributed by atoms with E-state index in [9.17, 15) is 0 Å². The van der Waals surface area contributed by atoms with Crippen molar-refractivity contribution in [3.63, 3.8) is 0 Å². The number of piperidine rings is 1. The van der Waals surface area contributed by atoms with Crippen molar-refractivity contribution in [3.05, 3.63) is 29.0 Å². The van der Waals surface area contributed by atoms with Crippen LogP contribution in [0, 0.1) is 0 Å². The molecule has 0 saturated carbocycles. The van der Waals surface area contributed by atoms with Crippen LogP contribution in [-0.2, 0) is 6.54 Å². The van der Waals surface area contributed by atoms with Gasteiger partial charge in [0.25, 0.3) is 0 Å². The Kier molecular flexibility index (Phi) is 4.77. The predicted molar refractivity (Wildman–Crippen MR) is 71.2 cm³/mol. The zero-order valence-electron chi connectivity index (χ0n) is 10.3. The molecule has 2 rings (SSSR count). The molecular formula is C13H20ClN3. The highest BCUT2D eigenvalue weighted by atomic mass is 35.5. The molecule has 4 heteroatoms. The first-order valence-electron chi connectivity index (χ1n) is 6.35. The number of pyridine rings is 1. The fourth-order valence-electron chi connectivity index (χ4n) is 2.38. The van der Waals surface area contributed by atoms with E-state index < -0.39 is 0 Å². The molecule has 0 bridgehead atoms. The molecule has 1 aromatic rings. The molecule has 1 unspecified atom stereocenters. The maximum Gasteiger partial charge on any atom is 0.129 e. The van der Waals surface area contributed by atoms with Crippen molar-refractivity contribution in [3.8, 4) is 0 Å². The van der Waals surface area contributed by atoms with E-state index in [2.05, 4.69) is 28.2 Å². The topological polar surface area (TPSA) is 28.2 Å². The van der Waals surface area contributed by atoms with Gasteiger partial charge in [0.15, 0.2) is 0 Å². The van der Waals surface area contributed by atoms with Gasteiger partial charge in [-0.25, -0.2) is 4.98 Å². The molecule has 1 fully saturated rings. The molecule has 2 heterocycles. The van der Waals surface area contributed by atoms with Gasteiger partial charge < -0.3 is 5.32 Å². The third-order valence-corrected chi connectivity index (χ3v) is 3.59. The standard InChI is InChI=1S/C13H20ClN3/c1-2-17(12-4-3-7-15-9-12)10-11-5-6-13(14)16-8-11/h5-6,8,12,15H,2-4,7,9-10H2,1H3. The Morgan fingerprint density at radius 2 is 2.41 bits per heavy atom. The zero-order chi connectivity index (χ0) is 12.1. The summed E-state index contributed by atoms with van der Waals surface area (Å²) >= 11 is 5.80. The van der Waals surface area contributed by atoms with E-state index in [1.165, 1.54) is 18.4 Å². The minimum absolute atomic E-state index is 0.566. The Labute approximate surface area is 108 Å². The van der Waals surface area contributed by atoms with Crippen molar-refractivity contribution in [1.29, 1.82) is 0 Å². The van der Waals surface area contributed by atoms with Crippen molar-refractivity contribution >= 4 is 11.6 Å². The normalized spacial score (nSPS) is 20.8. The minimum atomic E-state index is 0.566. The van der Waals surface area contributed by atoms with Gasteiger partial charge in [0.05, 0.1) is 0 Å². The second kappa shape index (κ2) is 6.34. The number of nitrogens with one attached hydrogen (secondary N) is 1. The van der Waals surface area contributed by atoms with Gasteiger partial charge in [-0.05, 0) is 37.6 Å². The van der Waals surface area contributed by atoms with Crippen LogP contribution in [0.1, 0.15) is 25.3 Å². The van der Waals surface area contributed by atoms with Crippen molar-refractivity contribution in [2.45, 2.75) is 32.4 Å². The average Bonchev–Trinajstić information content (AvgIpc) is 2.39. The van der Waals surface area contributed by atoms with E-state index in [-0.39, 0.29) is 0 Å². The number of rotatable bonds is 4. The third kappa shape index (κ3) is 3.66. The van der Waals surface area contributed by atoms with Crippen LogP contribution in [0.3, 0.4) is 0 Å². The summed E-state index contributed by atoms with van der Waals surface area (Å²) in [4.78, 5) is 6.65. The molecule has 1 N–H and O–H groups in total. The van der Waals surface area contributed by atoms with Crippen LogP contribution in [-0.4, -0.2) is 35.6 Å². The first kappa shape index (κ1) is 12.8. The molecule has 0 spiro atoms. The Hall–Kier alpha value is -0.640. The summed E-state index contributed by atoms with van der Waals surface area (Å²) in [7, 11) is 0. The fraction of sp³-hybridized carbons (Fsp3) is 0.615. The van der Waals surface area contributed by atoms with Crippen LogP contribution in [0.25, 0.3) is 0 Å². The zero-order valence-corrected chi connectivity index (χ0v) is 11.1. The van der Waals surface area contributed by atoms with Gasteiger partial charge in [-0.3, -0.25) is 4.90 Å². The van der Waals surface area contributed by atoms with E-state index >= 15 is 0 Å². The monoisotopic (exact) mass is 253 g/mol. The van der Waals surface area contributed by atoms with Crippen LogP contribution in [0.2, 0.25) is 5.15 Å². The summed E-state index contributed by atoms with van der Waals surface area (Å²) < 4.78 is 0. The molecule has 0 radical (unpaired) electrons. The molecule has 3 nitrogen and oxygen atoms in total. The van der Waals surface area contributed by atoms with Crippen LogP contribution >= 0.6 is 11.6 Å². The lowest BCUT2D eigenvalue weighted by Crippen LogP contribution is -2.45. The highest BCUT2D eigenvalue weighted by molar-refractivity contribution is 6.29. The third-order valence-electron chi connectivity index (χ3n) is 3.37. The maximum absolute atomic E-state index is 5.80. The molecule has 0 aromatic carbocycles. The van der Waals surface area contributed by atoms with Gasteiger partial charge in [-0.1, -0.05) is 24.6 Å². The van der Waals surface area contributed by atoms with Crippen LogP contribution in [0.4, 0.5) is 0 Å². The molecule has 0 aliphatic carbocycles. The Balaban J connectivity index is 1.96. The lowest BCUT2D eigenvalue weighted by atomic mass is 10.1. The summed E-state index contributed by atoms with van der Waals surface area (Å²) in [5, 5.41) is 4.03. The van der Waals surface area contributed by atoms with Gasteiger partial charge >= 0.3 is 0 Å². The molecule has 94 valence electrons. The number of hydrogen-bond donors (Lipinski definition) is 1. The van der Waals surface area contributed by atoms with Gasteiger partial charge in [-0.2, -0.15) is 0 Å². The summed E-state index contributed by atoms with van der Waals surface area (Å²) in [6.45, 7) is 6.53. The Morgan fingerprint density at radius 3 is 3.00 bits per heavy atom. The van der Waals surface area contributed by atoms with Crippen LogP contribution in [0.15, 0.2) is 18.3 Å². The van der Waals surface area contributed by atoms with Crippen LogP contribution < -0.4 is 5.32 Å². The molecular weight excluding hydrogens is 234 g/mol. The van der Waals surface area contributed by atoms with Crippen molar-refractivity contribution in [2.75, 3.05) is 19.6 Å². The summed E-state index contributed by atoms with van der Waals surface area (Å²) in [5.41, 5.74) is 1.24. The van der Waals surface area contributed by atoms with Crippen molar-refractivity contribution in [1.82, 2.24) is 15.2 Å². The fourth-order valence-corrected chi connectivity index (χ4v) is 2.49.